The van der Waals surface area contributed by atoms with Gasteiger partial charge in [0, 0.05) is 5.56 Å². The second-order valence-electron chi connectivity index (χ2n) is 4.14. The van der Waals surface area contributed by atoms with E-state index in [9.17, 15) is 9.18 Å². The molecule has 16 heavy (non-hydrogen) atoms. The quantitative estimate of drug-likeness (QED) is 0.767. The number of halogens is 2. The zero-order valence-electron chi connectivity index (χ0n) is 8.93. The summed E-state index contributed by atoms with van der Waals surface area (Å²) in [6.07, 6.45) is 1.94. The lowest BCUT2D eigenvalue weighted by Crippen LogP contribution is -2.28. The molecule has 4 heteroatoms. The molecule has 1 nitrogen and oxygen atoms in total. The van der Waals surface area contributed by atoms with Crippen LogP contribution in [0.3, 0.4) is 0 Å². The van der Waals surface area contributed by atoms with E-state index in [-0.39, 0.29) is 16.3 Å². The summed E-state index contributed by atoms with van der Waals surface area (Å²) in [6.45, 7) is 1.95. The Kier molecular flexibility index (Phi) is 3.40. The number of benzene rings is 1. The molecule has 0 N–H and O–H groups in total. The summed E-state index contributed by atoms with van der Waals surface area (Å²) in [5, 5.41) is 0. The van der Waals surface area contributed by atoms with Crippen LogP contribution in [0.5, 0.6) is 0 Å². The number of ketones is 1. The Morgan fingerprint density at radius 3 is 2.88 bits per heavy atom. The molecule has 0 radical (unpaired) electrons. The van der Waals surface area contributed by atoms with Crippen molar-refractivity contribution < 1.29 is 9.18 Å². The second kappa shape index (κ2) is 4.49. The van der Waals surface area contributed by atoms with Gasteiger partial charge in [-0.3, -0.25) is 4.79 Å². The summed E-state index contributed by atoms with van der Waals surface area (Å²) in [6, 6.07) is 4.59. The van der Waals surface area contributed by atoms with Gasteiger partial charge in [-0.05, 0) is 53.6 Å². The SMILES string of the molecule is CC1(C(=O)c2ccc(Br)c(F)c2)CCCS1. The maximum absolute atomic E-state index is 13.3. The molecule has 1 aliphatic rings. The Morgan fingerprint density at radius 2 is 2.31 bits per heavy atom. The van der Waals surface area contributed by atoms with Gasteiger partial charge in [0.05, 0.1) is 9.22 Å². The lowest BCUT2D eigenvalue weighted by Gasteiger charge is -2.20. The van der Waals surface area contributed by atoms with E-state index in [2.05, 4.69) is 15.9 Å². The van der Waals surface area contributed by atoms with Crippen LogP contribution in [0.1, 0.15) is 30.1 Å². The van der Waals surface area contributed by atoms with E-state index in [0.29, 0.717) is 10.0 Å². The van der Waals surface area contributed by atoms with Crippen LogP contribution in [0.4, 0.5) is 4.39 Å². The molecule has 1 heterocycles. The van der Waals surface area contributed by atoms with E-state index < -0.39 is 0 Å². The third-order valence-corrected chi connectivity index (χ3v) is 5.04. The van der Waals surface area contributed by atoms with Crippen molar-refractivity contribution in [3.8, 4) is 0 Å². The zero-order valence-corrected chi connectivity index (χ0v) is 11.3. The first-order valence-corrected chi connectivity index (χ1v) is 6.95. The molecule has 1 aliphatic heterocycles. The standard InChI is InChI=1S/C12H12BrFOS/c1-12(5-2-6-16-12)11(15)8-3-4-9(13)10(14)7-8/h3-4,7H,2,5-6H2,1H3. The molecule has 1 atom stereocenters. The number of hydrogen-bond acceptors (Lipinski definition) is 2. The highest BCUT2D eigenvalue weighted by Gasteiger charge is 2.37. The monoisotopic (exact) mass is 302 g/mol. The highest BCUT2D eigenvalue weighted by molar-refractivity contribution is 9.10. The van der Waals surface area contributed by atoms with E-state index in [0.717, 1.165) is 18.6 Å². The van der Waals surface area contributed by atoms with Crippen LogP contribution < -0.4 is 0 Å². The molecule has 1 saturated heterocycles. The van der Waals surface area contributed by atoms with Crippen molar-refractivity contribution in [1.82, 2.24) is 0 Å². The van der Waals surface area contributed by atoms with E-state index in [1.165, 1.54) is 6.07 Å². The van der Waals surface area contributed by atoms with Gasteiger partial charge in [0.1, 0.15) is 5.82 Å². The van der Waals surface area contributed by atoms with Crippen molar-refractivity contribution in [3.63, 3.8) is 0 Å². The zero-order chi connectivity index (χ0) is 11.8. The highest BCUT2D eigenvalue weighted by atomic mass is 79.9. The molecule has 0 bridgehead atoms. The molecule has 0 saturated carbocycles. The first-order valence-electron chi connectivity index (χ1n) is 5.17. The normalized spacial score (nSPS) is 24.7. The molecule has 86 valence electrons. The Morgan fingerprint density at radius 1 is 1.56 bits per heavy atom. The average molecular weight is 303 g/mol. The molecule has 1 aromatic carbocycles. The van der Waals surface area contributed by atoms with Crippen LogP contribution in [0.25, 0.3) is 0 Å². The molecule has 0 spiro atoms. The molecule has 0 aliphatic carbocycles. The van der Waals surface area contributed by atoms with E-state index in [1.54, 1.807) is 23.9 Å². The van der Waals surface area contributed by atoms with Crippen molar-refractivity contribution in [3.05, 3.63) is 34.1 Å². The van der Waals surface area contributed by atoms with Gasteiger partial charge in [0.25, 0.3) is 0 Å². The molecule has 2 rings (SSSR count). The lowest BCUT2D eigenvalue weighted by atomic mass is 9.95. The van der Waals surface area contributed by atoms with Gasteiger partial charge in [0.15, 0.2) is 5.78 Å². The molecular formula is C12H12BrFOS. The van der Waals surface area contributed by atoms with Crippen molar-refractivity contribution in [2.45, 2.75) is 24.5 Å². The Balaban J connectivity index is 2.30. The summed E-state index contributed by atoms with van der Waals surface area (Å²) in [7, 11) is 0. The van der Waals surface area contributed by atoms with Crippen molar-refractivity contribution in [2.75, 3.05) is 5.75 Å². The van der Waals surface area contributed by atoms with E-state index >= 15 is 0 Å². The van der Waals surface area contributed by atoms with Crippen LogP contribution in [0.15, 0.2) is 22.7 Å². The number of Topliss-reactive ketones (excluding diaryl/α,β-unsaturated/α-hetero) is 1. The van der Waals surface area contributed by atoms with Crippen molar-refractivity contribution in [2.24, 2.45) is 0 Å². The fourth-order valence-corrected chi connectivity index (χ4v) is 3.42. The van der Waals surface area contributed by atoms with Crippen LogP contribution in [0, 0.1) is 5.82 Å². The van der Waals surface area contributed by atoms with E-state index in [4.69, 9.17) is 0 Å². The average Bonchev–Trinajstić information content (AvgIpc) is 2.70. The summed E-state index contributed by atoms with van der Waals surface area (Å²) in [5.41, 5.74) is 0.470. The van der Waals surface area contributed by atoms with Gasteiger partial charge in [0.2, 0.25) is 0 Å². The molecule has 1 aromatic rings. The minimum atomic E-state index is -0.377. The van der Waals surface area contributed by atoms with Crippen molar-refractivity contribution in [1.29, 1.82) is 0 Å². The van der Waals surface area contributed by atoms with Gasteiger partial charge >= 0.3 is 0 Å². The number of carbonyl (C=O) groups is 1. The third kappa shape index (κ3) is 2.18. The maximum Gasteiger partial charge on any atom is 0.178 e. The number of carbonyl (C=O) groups excluding carboxylic acids is 1. The predicted octanol–water partition coefficient (Wildman–Crippen LogP) is 4.06. The van der Waals surface area contributed by atoms with Crippen LogP contribution in [-0.4, -0.2) is 16.3 Å². The fraction of sp³-hybridized carbons (Fsp3) is 0.417. The first-order chi connectivity index (χ1) is 7.53. The topological polar surface area (TPSA) is 17.1 Å². The van der Waals surface area contributed by atoms with Crippen LogP contribution in [-0.2, 0) is 0 Å². The summed E-state index contributed by atoms with van der Waals surface area (Å²) < 4.78 is 13.4. The minimum Gasteiger partial charge on any atom is -0.293 e. The van der Waals surface area contributed by atoms with Crippen LogP contribution in [0.2, 0.25) is 0 Å². The summed E-state index contributed by atoms with van der Waals surface area (Å²) in [4.78, 5) is 12.2. The number of hydrogen-bond donors (Lipinski definition) is 0. The summed E-state index contributed by atoms with van der Waals surface area (Å²) >= 11 is 4.76. The molecule has 1 fully saturated rings. The Labute approximate surface area is 107 Å². The molecule has 0 aromatic heterocycles. The van der Waals surface area contributed by atoms with Crippen molar-refractivity contribution >= 4 is 33.5 Å². The molecule has 0 amide bonds. The largest absolute Gasteiger partial charge is 0.293 e. The molecular weight excluding hydrogens is 291 g/mol. The fourth-order valence-electron chi connectivity index (χ4n) is 1.90. The summed E-state index contributed by atoms with van der Waals surface area (Å²) in [5.74, 6) is 0.681. The third-order valence-electron chi connectivity index (χ3n) is 2.88. The number of thioether (sulfide) groups is 1. The van der Waals surface area contributed by atoms with Crippen LogP contribution >= 0.6 is 27.7 Å². The van der Waals surface area contributed by atoms with E-state index in [1.807, 2.05) is 6.92 Å². The van der Waals surface area contributed by atoms with Gasteiger partial charge in [-0.2, -0.15) is 0 Å². The van der Waals surface area contributed by atoms with Gasteiger partial charge in [-0.1, -0.05) is 6.07 Å². The van der Waals surface area contributed by atoms with Gasteiger partial charge in [-0.15, -0.1) is 11.8 Å². The van der Waals surface area contributed by atoms with Gasteiger partial charge in [-0.25, -0.2) is 4.39 Å². The maximum atomic E-state index is 13.3. The number of rotatable bonds is 2. The highest BCUT2D eigenvalue weighted by Crippen LogP contribution is 2.40. The Bertz CT molecular complexity index is 427. The first kappa shape index (κ1) is 12.1. The molecule has 1 unspecified atom stereocenters. The smallest absolute Gasteiger partial charge is 0.178 e. The minimum absolute atomic E-state index is 0.0430. The lowest BCUT2D eigenvalue weighted by molar-refractivity contribution is 0.0948. The Hall–Kier alpha value is -0.350. The predicted molar refractivity (Wildman–Crippen MR) is 68.5 cm³/mol. The second-order valence-corrected chi connectivity index (χ2v) is 6.59. The van der Waals surface area contributed by atoms with Gasteiger partial charge < -0.3 is 0 Å².